The maximum absolute atomic E-state index is 11.0. The molecule has 1 heterocycles. The molecule has 4 nitrogen and oxygen atoms in total. The van der Waals surface area contributed by atoms with E-state index in [1.54, 1.807) is 6.92 Å². The second kappa shape index (κ2) is 5.11. The van der Waals surface area contributed by atoms with Gasteiger partial charge < -0.3 is 14.8 Å². The van der Waals surface area contributed by atoms with E-state index < -0.39 is 0 Å². The van der Waals surface area contributed by atoms with Crippen LogP contribution in [0.25, 0.3) is 0 Å². The molecular formula is C8H15NO3. The fourth-order valence-electron chi connectivity index (χ4n) is 1.16. The topological polar surface area (TPSA) is 47.6 Å². The Labute approximate surface area is 72.2 Å². The zero-order valence-electron chi connectivity index (χ0n) is 7.34. The van der Waals surface area contributed by atoms with Crippen LogP contribution in [0.3, 0.4) is 0 Å². The molecule has 0 saturated carbocycles. The van der Waals surface area contributed by atoms with Crippen molar-refractivity contribution in [2.75, 3.05) is 26.3 Å². The van der Waals surface area contributed by atoms with Gasteiger partial charge in [-0.25, -0.2) is 0 Å². The van der Waals surface area contributed by atoms with Crippen molar-refractivity contribution in [3.63, 3.8) is 0 Å². The highest BCUT2D eigenvalue weighted by Crippen LogP contribution is 2.02. The lowest BCUT2D eigenvalue weighted by Gasteiger charge is -2.22. The van der Waals surface area contributed by atoms with Crippen molar-refractivity contribution >= 4 is 5.97 Å². The summed E-state index contributed by atoms with van der Waals surface area (Å²) in [6, 6.07) is 0. The number of hydrogen-bond acceptors (Lipinski definition) is 4. The summed E-state index contributed by atoms with van der Waals surface area (Å²) in [6.07, 6.45) is 0.360. The molecule has 0 amide bonds. The number of esters is 1. The number of morpholine rings is 1. The van der Waals surface area contributed by atoms with Gasteiger partial charge in [0.15, 0.2) is 0 Å². The van der Waals surface area contributed by atoms with E-state index in [2.05, 4.69) is 5.32 Å². The monoisotopic (exact) mass is 173 g/mol. The fourth-order valence-corrected chi connectivity index (χ4v) is 1.16. The summed E-state index contributed by atoms with van der Waals surface area (Å²) in [5.74, 6) is -0.175. The Bertz CT molecular complexity index is 143. The van der Waals surface area contributed by atoms with E-state index in [9.17, 15) is 4.79 Å². The highest BCUT2D eigenvalue weighted by Gasteiger charge is 2.17. The Morgan fingerprint density at radius 2 is 2.58 bits per heavy atom. The van der Waals surface area contributed by atoms with Crippen molar-refractivity contribution in [2.45, 2.75) is 19.4 Å². The van der Waals surface area contributed by atoms with Crippen molar-refractivity contribution < 1.29 is 14.3 Å². The predicted molar refractivity (Wildman–Crippen MR) is 43.9 cm³/mol. The van der Waals surface area contributed by atoms with Crippen molar-refractivity contribution in [2.24, 2.45) is 0 Å². The van der Waals surface area contributed by atoms with Gasteiger partial charge in [-0.1, -0.05) is 0 Å². The van der Waals surface area contributed by atoms with Gasteiger partial charge in [-0.2, -0.15) is 0 Å². The first-order valence-electron chi connectivity index (χ1n) is 4.31. The van der Waals surface area contributed by atoms with E-state index in [1.807, 2.05) is 0 Å². The first-order valence-corrected chi connectivity index (χ1v) is 4.31. The molecule has 70 valence electrons. The highest BCUT2D eigenvalue weighted by molar-refractivity contribution is 5.69. The molecule has 0 radical (unpaired) electrons. The molecule has 1 rings (SSSR count). The third kappa shape index (κ3) is 3.19. The Hall–Kier alpha value is -0.610. The Balaban J connectivity index is 2.15. The normalized spacial score (nSPS) is 23.6. The maximum Gasteiger partial charge on any atom is 0.308 e. The summed E-state index contributed by atoms with van der Waals surface area (Å²) < 4.78 is 10.1. The van der Waals surface area contributed by atoms with Gasteiger partial charge in [-0.15, -0.1) is 0 Å². The van der Waals surface area contributed by atoms with Crippen molar-refractivity contribution in [3.05, 3.63) is 0 Å². The van der Waals surface area contributed by atoms with Crippen molar-refractivity contribution in [3.8, 4) is 0 Å². The van der Waals surface area contributed by atoms with Gasteiger partial charge >= 0.3 is 5.97 Å². The summed E-state index contributed by atoms with van der Waals surface area (Å²) in [5, 5.41) is 3.15. The van der Waals surface area contributed by atoms with E-state index in [0.29, 0.717) is 19.6 Å². The van der Waals surface area contributed by atoms with E-state index >= 15 is 0 Å². The zero-order valence-corrected chi connectivity index (χ0v) is 7.34. The number of carbonyl (C=O) groups is 1. The van der Waals surface area contributed by atoms with E-state index in [4.69, 9.17) is 9.47 Å². The maximum atomic E-state index is 11.0. The quantitative estimate of drug-likeness (QED) is 0.607. The Morgan fingerprint density at radius 3 is 3.17 bits per heavy atom. The number of hydrogen-bond donors (Lipinski definition) is 1. The molecule has 0 unspecified atom stereocenters. The molecule has 0 aromatic rings. The minimum absolute atomic E-state index is 0.00204. The standard InChI is InChI=1S/C8H15NO3/c1-2-11-8(10)5-7-6-9-3-4-12-7/h7,9H,2-6H2,1H3/t7-/m0/s1. The van der Waals surface area contributed by atoms with Crippen LogP contribution in [0.2, 0.25) is 0 Å². The van der Waals surface area contributed by atoms with Crippen LogP contribution in [0.15, 0.2) is 0 Å². The smallest absolute Gasteiger partial charge is 0.308 e. The molecule has 1 aliphatic rings. The predicted octanol–water partition coefficient (Wildman–Crippen LogP) is -0.0720. The molecule has 1 aliphatic heterocycles. The van der Waals surface area contributed by atoms with Crippen LogP contribution in [-0.4, -0.2) is 38.4 Å². The third-order valence-electron chi connectivity index (χ3n) is 1.70. The number of rotatable bonds is 3. The van der Waals surface area contributed by atoms with Gasteiger partial charge in [0.1, 0.15) is 0 Å². The second-order valence-electron chi connectivity index (χ2n) is 2.71. The third-order valence-corrected chi connectivity index (χ3v) is 1.70. The molecule has 1 atom stereocenters. The first kappa shape index (κ1) is 9.48. The summed E-state index contributed by atoms with van der Waals surface area (Å²) in [4.78, 5) is 11.0. The van der Waals surface area contributed by atoms with E-state index in [-0.39, 0.29) is 12.1 Å². The second-order valence-corrected chi connectivity index (χ2v) is 2.71. The van der Waals surface area contributed by atoms with Gasteiger partial charge in [0.25, 0.3) is 0 Å². The summed E-state index contributed by atoms with van der Waals surface area (Å²) in [5.41, 5.74) is 0. The Morgan fingerprint density at radius 1 is 1.75 bits per heavy atom. The minimum atomic E-state index is -0.175. The molecule has 0 aromatic carbocycles. The fraction of sp³-hybridized carbons (Fsp3) is 0.875. The molecule has 1 saturated heterocycles. The summed E-state index contributed by atoms with van der Waals surface area (Å²) in [6.45, 7) is 4.55. The van der Waals surface area contributed by atoms with Crippen LogP contribution in [0.5, 0.6) is 0 Å². The first-order chi connectivity index (χ1) is 5.83. The molecular weight excluding hydrogens is 158 g/mol. The lowest BCUT2D eigenvalue weighted by molar-refractivity contribution is -0.146. The van der Waals surface area contributed by atoms with Crippen LogP contribution < -0.4 is 5.32 Å². The zero-order chi connectivity index (χ0) is 8.81. The largest absolute Gasteiger partial charge is 0.466 e. The summed E-state index contributed by atoms with van der Waals surface area (Å²) >= 11 is 0. The molecule has 0 spiro atoms. The molecule has 4 heteroatoms. The Kier molecular flexibility index (Phi) is 4.04. The minimum Gasteiger partial charge on any atom is -0.466 e. The van der Waals surface area contributed by atoms with Crippen molar-refractivity contribution in [1.82, 2.24) is 5.32 Å². The van der Waals surface area contributed by atoms with Gasteiger partial charge in [-0.3, -0.25) is 4.79 Å². The molecule has 0 aromatic heterocycles. The van der Waals surface area contributed by atoms with Gasteiger partial charge in [-0.05, 0) is 6.92 Å². The molecule has 0 bridgehead atoms. The van der Waals surface area contributed by atoms with E-state index in [0.717, 1.165) is 13.1 Å². The van der Waals surface area contributed by atoms with Crippen molar-refractivity contribution in [1.29, 1.82) is 0 Å². The number of carbonyl (C=O) groups excluding carboxylic acids is 1. The highest BCUT2D eigenvalue weighted by atomic mass is 16.5. The van der Waals surface area contributed by atoms with Gasteiger partial charge in [0, 0.05) is 13.1 Å². The van der Waals surface area contributed by atoms with Crippen LogP contribution in [0.1, 0.15) is 13.3 Å². The average molecular weight is 173 g/mol. The van der Waals surface area contributed by atoms with Crippen LogP contribution >= 0.6 is 0 Å². The van der Waals surface area contributed by atoms with Gasteiger partial charge in [0.05, 0.1) is 25.7 Å². The molecule has 12 heavy (non-hydrogen) atoms. The number of nitrogens with one attached hydrogen (secondary N) is 1. The van der Waals surface area contributed by atoms with Crippen LogP contribution in [-0.2, 0) is 14.3 Å². The summed E-state index contributed by atoms with van der Waals surface area (Å²) in [7, 11) is 0. The number of ether oxygens (including phenoxy) is 2. The molecule has 1 N–H and O–H groups in total. The molecule has 0 aliphatic carbocycles. The van der Waals surface area contributed by atoms with Crippen LogP contribution in [0.4, 0.5) is 0 Å². The van der Waals surface area contributed by atoms with E-state index in [1.165, 1.54) is 0 Å². The SMILES string of the molecule is CCOC(=O)C[C@H]1CNCCO1. The average Bonchev–Trinajstić information content (AvgIpc) is 2.06. The lowest BCUT2D eigenvalue weighted by Crippen LogP contribution is -2.39. The van der Waals surface area contributed by atoms with Gasteiger partial charge in [0.2, 0.25) is 0 Å². The lowest BCUT2D eigenvalue weighted by atomic mass is 10.2. The van der Waals surface area contributed by atoms with Crippen LogP contribution in [0, 0.1) is 0 Å². The molecule has 1 fully saturated rings.